The summed E-state index contributed by atoms with van der Waals surface area (Å²) in [5, 5.41) is 0. The van der Waals surface area contributed by atoms with Crippen molar-refractivity contribution >= 4 is 8.80 Å². The molecule has 44 valence electrons. The van der Waals surface area contributed by atoms with Gasteiger partial charge >= 0.3 is 0 Å². The number of hydrogen-bond acceptors (Lipinski definition) is 0. The van der Waals surface area contributed by atoms with Gasteiger partial charge < -0.3 is 0 Å². The van der Waals surface area contributed by atoms with Gasteiger partial charge in [-0.05, 0) is 6.04 Å². The molecular formula is C5H13FSi. The van der Waals surface area contributed by atoms with Gasteiger partial charge in [-0.3, -0.25) is 4.70 Å². The summed E-state index contributed by atoms with van der Waals surface area (Å²) < 4.78 is 0. The predicted molar refractivity (Wildman–Crippen MR) is 36.4 cm³/mol. The highest BCUT2D eigenvalue weighted by atomic mass is 28.3. The van der Waals surface area contributed by atoms with E-state index in [0.29, 0.717) is 0 Å². The summed E-state index contributed by atoms with van der Waals surface area (Å²) in [6.45, 7) is 8.28. The van der Waals surface area contributed by atoms with Crippen LogP contribution in [0.1, 0.15) is 0 Å². The van der Waals surface area contributed by atoms with Gasteiger partial charge in [0.15, 0.2) is 0 Å². The van der Waals surface area contributed by atoms with E-state index in [0.717, 1.165) is 0 Å². The summed E-state index contributed by atoms with van der Waals surface area (Å²) in [5.74, 6) is 0. The van der Waals surface area contributed by atoms with Crippen molar-refractivity contribution in [1.82, 2.24) is 0 Å². The molecule has 0 aliphatic carbocycles. The lowest BCUT2D eigenvalue weighted by Crippen LogP contribution is -1.93. The smallest absolute Gasteiger partial charge is 0.0344 e. The van der Waals surface area contributed by atoms with Gasteiger partial charge in [0.1, 0.15) is 0 Å². The van der Waals surface area contributed by atoms with Gasteiger partial charge in [-0.1, -0.05) is 19.2 Å². The molecule has 0 aliphatic heterocycles. The molecule has 0 aromatic carbocycles. The second-order valence-corrected chi connectivity index (χ2v) is 5.18. The Bertz CT molecular complexity index is 43.3. The molecule has 0 fully saturated rings. The predicted octanol–water partition coefficient (Wildman–Crippen LogP) is 1.81. The lowest BCUT2D eigenvalue weighted by Gasteiger charge is -1.90. The minimum atomic E-state index is -0.289. The van der Waals surface area contributed by atoms with Crippen LogP contribution >= 0.6 is 0 Å². The molecule has 0 atom stereocenters. The van der Waals surface area contributed by atoms with E-state index in [1.54, 1.807) is 0 Å². The van der Waals surface area contributed by atoms with Crippen molar-refractivity contribution in [3.05, 3.63) is 12.7 Å². The number of halogens is 1. The summed E-state index contributed by atoms with van der Waals surface area (Å²) in [6, 6.07) is 1.28. The highest BCUT2D eigenvalue weighted by Gasteiger charge is 1.85. The maximum absolute atomic E-state index is 3.64. The lowest BCUT2D eigenvalue weighted by atomic mass is 10.8. The van der Waals surface area contributed by atoms with E-state index in [1.807, 2.05) is 6.08 Å². The summed E-state index contributed by atoms with van der Waals surface area (Å²) >= 11 is 0. The van der Waals surface area contributed by atoms with Crippen LogP contribution in [0.15, 0.2) is 12.7 Å². The Morgan fingerprint density at radius 2 is 2.00 bits per heavy atom. The second-order valence-electron chi connectivity index (χ2n) is 1.92. The molecule has 0 radical (unpaired) electrons. The number of allylic oxidation sites excluding steroid dienone is 1. The molecule has 0 nitrogen and oxygen atoms in total. The molecule has 0 bridgehead atoms. The molecule has 0 aliphatic rings. The fourth-order valence-corrected chi connectivity index (χ4v) is 1.00. The van der Waals surface area contributed by atoms with Crippen molar-refractivity contribution in [3.63, 3.8) is 0 Å². The number of rotatable bonds is 2. The zero-order chi connectivity index (χ0) is 4.99. The maximum atomic E-state index is 3.64. The maximum Gasteiger partial charge on any atom is 0.0344 e. The van der Waals surface area contributed by atoms with Crippen molar-refractivity contribution in [2.75, 3.05) is 0 Å². The molecule has 2 heteroatoms. The van der Waals surface area contributed by atoms with Crippen LogP contribution in [0.3, 0.4) is 0 Å². The van der Waals surface area contributed by atoms with Crippen LogP contribution in [0.25, 0.3) is 0 Å². The Morgan fingerprint density at radius 3 is 2.00 bits per heavy atom. The monoisotopic (exact) mass is 120 g/mol. The van der Waals surface area contributed by atoms with E-state index in [4.69, 9.17) is 0 Å². The average molecular weight is 120 g/mol. The Labute approximate surface area is 46.2 Å². The molecule has 0 spiro atoms. The minimum absolute atomic E-state index is 0. The fraction of sp³-hybridized carbons (Fsp3) is 0.600. The zero-order valence-corrected chi connectivity index (χ0v) is 6.13. The van der Waals surface area contributed by atoms with Crippen LogP contribution in [0.4, 0.5) is 4.70 Å². The first-order valence-electron chi connectivity index (χ1n) is 2.38. The molecule has 0 rings (SSSR count). The normalized spacial score (nSPS) is 7.86. The standard InChI is InChI=1S/C5H12Si.FH/c1-4-5-6(2)3;/h4,6H,1,5H2,2-3H3;1H. The van der Waals surface area contributed by atoms with E-state index in [1.165, 1.54) is 6.04 Å². The summed E-state index contributed by atoms with van der Waals surface area (Å²) in [7, 11) is -0.289. The number of hydrogen-bond donors (Lipinski definition) is 0. The Morgan fingerprint density at radius 1 is 1.57 bits per heavy atom. The van der Waals surface area contributed by atoms with Crippen LogP contribution in [0.2, 0.25) is 19.1 Å². The minimum Gasteiger partial charge on any atom is -0.269 e. The van der Waals surface area contributed by atoms with E-state index < -0.39 is 0 Å². The van der Waals surface area contributed by atoms with Crippen molar-refractivity contribution in [1.29, 1.82) is 0 Å². The van der Waals surface area contributed by atoms with E-state index in [2.05, 4.69) is 19.7 Å². The van der Waals surface area contributed by atoms with Crippen LogP contribution in [-0.2, 0) is 0 Å². The summed E-state index contributed by atoms with van der Waals surface area (Å²) in [5.41, 5.74) is 0. The van der Waals surface area contributed by atoms with Gasteiger partial charge in [0.05, 0.1) is 0 Å². The zero-order valence-electron chi connectivity index (χ0n) is 4.98. The van der Waals surface area contributed by atoms with Gasteiger partial charge in [0.25, 0.3) is 0 Å². The highest BCUT2D eigenvalue weighted by molar-refractivity contribution is 6.56. The lowest BCUT2D eigenvalue weighted by molar-refractivity contribution is 1.11. The van der Waals surface area contributed by atoms with Crippen LogP contribution < -0.4 is 0 Å². The van der Waals surface area contributed by atoms with Crippen LogP contribution in [-0.4, -0.2) is 8.80 Å². The van der Waals surface area contributed by atoms with E-state index >= 15 is 0 Å². The third-order valence-electron chi connectivity index (χ3n) is 0.638. The Balaban J connectivity index is 0. The summed E-state index contributed by atoms with van der Waals surface area (Å²) in [4.78, 5) is 0. The largest absolute Gasteiger partial charge is 0.269 e. The molecule has 7 heavy (non-hydrogen) atoms. The van der Waals surface area contributed by atoms with Gasteiger partial charge in [-0.25, -0.2) is 0 Å². The first-order chi connectivity index (χ1) is 2.77. The molecule has 0 N–H and O–H groups in total. The average Bonchev–Trinajstić information content (AvgIpc) is 1.35. The Kier molecular flexibility index (Phi) is 8.40. The highest BCUT2D eigenvalue weighted by Crippen LogP contribution is 1.87. The third kappa shape index (κ3) is 10.7. The van der Waals surface area contributed by atoms with E-state index in [9.17, 15) is 0 Å². The van der Waals surface area contributed by atoms with Crippen molar-refractivity contribution in [2.24, 2.45) is 0 Å². The van der Waals surface area contributed by atoms with Gasteiger partial charge in [-0.2, -0.15) is 0 Å². The molecule has 0 amide bonds. The topological polar surface area (TPSA) is 0 Å². The quantitative estimate of drug-likeness (QED) is 0.385. The molecule has 0 heterocycles. The second kappa shape index (κ2) is 5.89. The SMILES string of the molecule is C=CC[SiH](C)C.F. The summed E-state index contributed by atoms with van der Waals surface area (Å²) in [6.07, 6.45) is 2.01. The first-order valence-corrected chi connectivity index (χ1v) is 5.51. The van der Waals surface area contributed by atoms with Gasteiger partial charge in [0, 0.05) is 8.80 Å². The van der Waals surface area contributed by atoms with Crippen LogP contribution in [0.5, 0.6) is 0 Å². The molecule has 0 saturated heterocycles. The molecule has 0 unspecified atom stereocenters. The molecule has 0 saturated carbocycles. The van der Waals surface area contributed by atoms with Crippen LogP contribution in [0, 0.1) is 0 Å². The van der Waals surface area contributed by atoms with E-state index in [-0.39, 0.29) is 13.5 Å². The molecule has 0 aromatic rings. The first kappa shape index (κ1) is 9.99. The van der Waals surface area contributed by atoms with Crippen molar-refractivity contribution < 1.29 is 4.70 Å². The van der Waals surface area contributed by atoms with Crippen molar-refractivity contribution in [3.8, 4) is 0 Å². The third-order valence-corrected chi connectivity index (χ3v) is 1.91. The van der Waals surface area contributed by atoms with Gasteiger partial charge in [0.2, 0.25) is 0 Å². The fourth-order valence-electron chi connectivity index (χ4n) is 0.333. The molecular weight excluding hydrogens is 107 g/mol. The Hall–Kier alpha value is -0.113. The van der Waals surface area contributed by atoms with Gasteiger partial charge in [-0.15, -0.1) is 6.58 Å². The van der Waals surface area contributed by atoms with Crippen molar-refractivity contribution in [2.45, 2.75) is 19.1 Å². The molecule has 0 aromatic heterocycles.